The molecule has 0 saturated heterocycles. The third-order valence-electron chi connectivity index (χ3n) is 2.23. The van der Waals surface area contributed by atoms with Crippen molar-refractivity contribution in [2.24, 2.45) is 10.7 Å². The molecule has 2 rings (SSSR count). The van der Waals surface area contributed by atoms with E-state index >= 15 is 0 Å². The highest BCUT2D eigenvalue weighted by Gasteiger charge is 2.14. The summed E-state index contributed by atoms with van der Waals surface area (Å²) in [6, 6.07) is 5.46. The Bertz CT molecular complexity index is 521. The van der Waals surface area contributed by atoms with Crippen molar-refractivity contribution in [3.63, 3.8) is 0 Å². The van der Waals surface area contributed by atoms with E-state index in [1.807, 2.05) is 18.2 Å². The molecule has 1 heterocycles. The number of benzene rings is 1. The smallest absolute Gasteiger partial charge is 0.332 e. The van der Waals surface area contributed by atoms with Crippen LogP contribution in [0.5, 0.6) is 0 Å². The molecule has 0 unspecified atom stereocenters. The molecule has 0 saturated carbocycles. The second kappa shape index (κ2) is 4.09. The van der Waals surface area contributed by atoms with Crippen molar-refractivity contribution in [2.45, 2.75) is 6.42 Å². The van der Waals surface area contributed by atoms with E-state index in [-0.39, 0.29) is 12.0 Å². The van der Waals surface area contributed by atoms with E-state index < -0.39 is 5.97 Å². The van der Waals surface area contributed by atoms with Crippen LogP contribution in [0, 0.1) is 0 Å². The molecule has 5 heteroatoms. The first-order chi connectivity index (χ1) is 7.56. The van der Waals surface area contributed by atoms with Crippen LogP contribution in [-0.2, 0) is 4.79 Å². The van der Waals surface area contributed by atoms with Gasteiger partial charge < -0.3 is 10.8 Å². The van der Waals surface area contributed by atoms with Gasteiger partial charge in [-0.15, -0.1) is 0 Å². The predicted octanol–water partition coefficient (Wildman–Crippen LogP) is 2.31. The Balaban J connectivity index is 2.60. The van der Waals surface area contributed by atoms with Crippen molar-refractivity contribution in [3.05, 3.63) is 33.8 Å². The number of carboxylic acid groups (broad SMARTS) is 1. The van der Waals surface area contributed by atoms with Gasteiger partial charge >= 0.3 is 5.97 Å². The number of amidine groups is 1. The van der Waals surface area contributed by atoms with Crippen molar-refractivity contribution in [3.8, 4) is 0 Å². The number of halogens is 1. The first-order valence-electron chi connectivity index (χ1n) is 4.63. The summed E-state index contributed by atoms with van der Waals surface area (Å²) in [7, 11) is 0. The van der Waals surface area contributed by atoms with Crippen LogP contribution in [0.15, 0.2) is 33.2 Å². The molecule has 0 aliphatic carbocycles. The average Bonchev–Trinajstić information content (AvgIpc) is 2.35. The van der Waals surface area contributed by atoms with E-state index in [1.54, 1.807) is 6.08 Å². The molecular formula is C11H9BrN2O2. The third-order valence-corrected chi connectivity index (χ3v) is 2.73. The first kappa shape index (κ1) is 10.9. The summed E-state index contributed by atoms with van der Waals surface area (Å²) in [6.07, 6.45) is 1.77. The summed E-state index contributed by atoms with van der Waals surface area (Å²) in [5.74, 6) is -0.653. The Morgan fingerprint density at radius 3 is 2.94 bits per heavy atom. The zero-order valence-electron chi connectivity index (χ0n) is 8.27. The highest BCUT2D eigenvalue weighted by molar-refractivity contribution is 9.10. The topological polar surface area (TPSA) is 75.7 Å². The van der Waals surface area contributed by atoms with E-state index in [1.165, 1.54) is 0 Å². The number of nitrogens with two attached hydrogens (primary N) is 1. The SMILES string of the molecule is NC1=Nc2cc(Br)ccc2C=C(C(=O)O)C1. The quantitative estimate of drug-likeness (QED) is 0.829. The molecule has 0 fully saturated rings. The van der Waals surface area contributed by atoms with Crippen molar-refractivity contribution < 1.29 is 9.90 Å². The number of aliphatic carboxylic acids is 1. The number of fused-ring (bicyclic) bond motifs is 1. The van der Waals surface area contributed by atoms with Crippen LogP contribution >= 0.6 is 15.9 Å². The average molecular weight is 281 g/mol. The van der Waals surface area contributed by atoms with Gasteiger partial charge in [0.1, 0.15) is 5.84 Å². The molecular weight excluding hydrogens is 272 g/mol. The fourth-order valence-electron chi connectivity index (χ4n) is 1.50. The van der Waals surface area contributed by atoms with Crippen molar-refractivity contribution in [2.75, 3.05) is 0 Å². The van der Waals surface area contributed by atoms with Crippen LogP contribution in [0.3, 0.4) is 0 Å². The van der Waals surface area contributed by atoms with Gasteiger partial charge in [0.2, 0.25) is 0 Å². The standard InChI is InChI=1S/C11H9BrN2O2/c12-8-2-1-6-3-7(11(15)16)4-10(13)14-9(6)5-8/h1-3,5H,4H2,(H2,13,14)(H,15,16). The number of aliphatic imine (C=N–C) groups is 1. The van der Waals surface area contributed by atoms with Gasteiger partial charge in [0.05, 0.1) is 5.69 Å². The molecule has 4 nitrogen and oxygen atoms in total. The minimum atomic E-state index is -0.964. The molecule has 0 aromatic heterocycles. The molecule has 0 spiro atoms. The van der Waals surface area contributed by atoms with Crippen LogP contribution in [0.25, 0.3) is 6.08 Å². The van der Waals surface area contributed by atoms with Gasteiger partial charge in [0.15, 0.2) is 0 Å². The van der Waals surface area contributed by atoms with E-state index in [2.05, 4.69) is 20.9 Å². The van der Waals surface area contributed by atoms with Gasteiger partial charge in [0.25, 0.3) is 0 Å². The lowest BCUT2D eigenvalue weighted by molar-refractivity contribution is -0.132. The Morgan fingerprint density at radius 1 is 1.50 bits per heavy atom. The predicted molar refractivity (Wildman–Crippen MR) is 65.7 cm³/mol. The van der Waals surface area contributed by atoms with Crippen molar-refractivity contribution in [1.29, 1.82) is 0 Å². The van der Waals surface area contributed by atoms with Crippen LogP contribution in [0.1, 0.15) is 12.0 Å². The monoisotopic (exact) mass is 280 g/mol. The van der Waals surface area contributed by atoms with Crippen LogP contribution in [-0.4, -0.2) is 16.9 Å². The second-order valence-electron chi connectivity index (χ2n) is 3.46. The van der Waals surface area contributed by atoms with Crippen LogP contribution < -0.4 is 5.73 Å². The Labute approximate surface area is 101 Å². The summed E-state index contributed by atoms with van der Waals surface area (Å²) in [4.78, 5) is 15.1. The van der Waals surface area contributed by atoms with E-state index in [9.17, 15) is 4.79 Å². The molecule has 82 valence electrons. The molecule has 1 aliphatic heterocycles. The van der Waals surface area contributed by atoms with Gasteiger partial charge in [0, 0.05) is 22.0 Å². The molecule has 1 aliphatic rings. The normalized spacial score (nSPS) is 14.6. The fourth-order valence-corrected chi connectivity index (χ4v) is 1.85. The molecule has 0 bridgehead atoms. The lowest BCUT2D eigenvalue weighted by atomic mass is 10.1. The fraction of sp³-hybridized carbons (Fsp3) is 0.0909. The van der Waals surface area contributed by atoms with Gasteiger partial charge in [-0.05, 0) is 18.2 Å². The highest BCUT2D eigenvalue weighted by Crippen LogP contribution is 2.29. The van der Waals surface area contributed by atoms with E-state index in [4.69, 9.17) is 10.8 Å². The number of hydrogen-bond acceptors (Lipinski definition) is 3. The lowest BCUT2D eigenvalue weighted by Gasteiger charge is -2.00. The summed E-state index contributed by atoms with van der Waals surface area (Å²) in [5, 5.41) is 8.97. The molecule has 0 atom stereocenters. The summed E-state index contributed by atoms with van der Waals surface area (Å²) < 4.78 is 0.884. The van der Waals surface area contributed by atoms with Crippen molar-refractivity contribution in [1.82, 2.24) is 0 Å². The molecule has 1 aromatic carbocycles. The van der Waals surface area contributed by atoms with E-state index in [0.29, 0.717) is 11.5 Å². The first-order valence-corrected chi connectivity index (χ1v) is 5.42. The van der Waals surface area contributed by atoms with Crippen LogP contribution in [0.4, 0.5) is 5.69 Å². The second-order valence-corrected chi connectivity index (χ2v) is 4.37. The van der Waals surface area contributed by atoms with Gasteiger partial charge in [-0.2, -0.15) is 0 Å². The number of hydrogen-bond donors (Lipinski definition) is 2. The third kappa shape index (κ3) is 2.14. The Kier molecular flexibility index (Phi) is 2.78. The van der Waals surface area contributed by atoms with Gasteiger partial charge in [-0.3, -0.25) is 0 Å². The zero-order valence-corrected chi connectivity index (χ0v) is 9.86. The maximum Gasteiger partial charge on any atom is 0.332 e. The maximum atomic E-state index is 10.9. The largest absolute Gasteiger partial charge is 0.478 e. The number of carboxylic acids is 1. The molecule has 3 N–H and O–H groups in total. The van der Waals surface area contributed by atoms with Gasteiger partial charge in [-0.25, -0.2) is 9.79 Å². The maximum absolute atomic E-state index is 10.9. The Hall–Kier alpha value is -1.62. The minimum Gasteiger partial charge on any atom is -0.478 e. The summed E-state index contributed by atoms with van der Waals surface area (Å²) in [6.45, 7) is 0. The molecule has 16 heavy (non-hydrogen) atoms. The molecule has 0 amide bonds. The number of carbonyl (C=O) groups is 1. The van der Waals surface area contributed by atoms with Crippen LogP contribution in [0.2, 0.25) is 0 Å². The Morgan fingerprint density at radius 2 is 2.25 bits per heavy atom. The lowest BCUT2D eigenvalue weighted by Crippen LogP contribution is -2.14. The zero-order chi connectivity index (χ0) is 11.7. The van der Waals surface area contributed by atoms with Gasteiger partial charge in [-0.1, -0.05) is 22.0 Å². The minimum absolute atomic E-state index is 0.168. The molecule has 0 radical (unpaired) electrons. The van der Waals surface area contributed by atoms with E-state index in [0.717, 1.165) is 10.0 Å². The number of nitrogens with zero attached hydrogens (tertiary/aromatic N) is 1. The summed E-state index contributed by atoms with van der Waals surface area (Å²) in [5.41, 5.74) is 7.36. The highest BCUT2D eigenvalue weighted by atomic mass is 79.9. The molecule has 1 aromatic rings. The summed E-state index contributed by atoms with van der Waals surface area (Å²) >= 11 is 3.33. The number of rotatable bonds is 1. The van der Waals surface area contributed by atoms with Crippen molar-refractivity contribution >= 4 is 39.5 Å².